The fourth-order valence-corrected chi connectivity index (χ4v) is 4.19. The van der Waals surface area contributed by atoms with E-state index in [1.54, 1.807) is 25.6 Å². The molecule has 0 aliphatic heterocycles. The SMILES string of the molecule is COc1cc(Br)c(-c2nc3c(s2)CCCC3=O)cc1OC. The quantitative estimate of drug-likeness (QED) is 0.818. The first kappa shape index (κ1) is 14.5. The van der Waals surface area contributed by atoms with Crippen LogP contribution in [0.25, 0.3) is 10.6 Å². The number of hydrogen-bond donors (Lipinski definition) is 0. The average Bonchev–Trinajstić information content (AvgIpc) is 2.92. The highest BCUT2D eigenvalue weighted by atomic mass is 79.9. The van der Waals surface area contributed by atoms with Gasteiger partial charge in [-0.2, -0.15) is 0 Å². The second-order valence-corrected chi connectivity index (χ2v) is 6.69. The normalized spacial score (nSPS) is 14.0. The number of halogens is 1. The Morgan fingerprint density at radius 2 is 1.90 bits per heavy atom. The lowest BCUT2D eigenvalue weighted by Gasteiger charge is -2.10. The van der Waals surface area contributed by atoms with Gasteiger partial charge in [-0.1, -0.05) is 0 Å². The number of carbonyl (C=O) groups is 1. The minimum atomic E-state index is 0.148. The Labute approximate surface area is 135 Å². The summed E-state index contributed by atoms with van der Waals surface area (Å²) in [5, 5.41) is 0.836. The molecule has 0 saturated heterocycles. The fourth-order valence-electron chi connectivity index (χ4n) is 2.40. The van der Waals surface area contributed by atoms with E-state index in [1.807, 2.05) is 12.1 Å². The maximum atomic E-state index is 11.9. The van der Waals surface area contributed by atoms with Crippen LogP contribution in [0, 0.1) is 0 Å². The Kier molecular flexibility index (Phi) is 3.99. The maximum Gasteiger partial charge on any atom is 0.182 e. The summed E-state index contributed by atoms with van der Waals surface area (Å²) in [6.07, 6.45) is 2.45. The van der Waals surface area contributed by atoms with Crippen molar-refractivity contribution in [2.45, 2.75) is 19.3 Å². The molecule has 1 aliphatic rings. The van der Waals surface area contributed by atoms with Gasteiger partial charge in [0.2, 0.25) is 0 Å². The third-order valence-electron chi connectivity index (χ3n) is 3.47. The highest BCUT2D eigenvalue weighted by Crippen LogP contribution is 2.41. The molecule has 0 radical (unpaired) electrons. The van der Waals surface area contributed by atoms with Gasteiger partial charge >= 0.3 is 0 Å². The number of nitrogens with zero attached hydrogens (tertiary/aromatic N) is 1. The molecule has 110 valence electrons. The van der Waals surface area contributed by atoms with Gasteiger partial charge < -0.3 is 9.47 Å². The van der Waals surface area contributed by atoms with Crippen LogP contribution in [0.1, 0.15) is 28.2 Å². The Morgan fingerprint density at radius 1 is 1.19 bits per heavy atom. The summed E-state index contributed by atoms with van der Waals surface area (Å²) in [5.41, 5.74) is 1.56. The number of fused-ring (bicyclic) bond motifs is 1. The van der Waals surface area contributed by atoms with E-state index in [0.717, 1.165) is 32.8 Å². The number of Topliss-reactive ketones (excluding diaryl/α,β-unsaturated/α-hetero) is 1. The molecule has 0 unspecified atom stereocenters. The number of ether oxygens (including phenoxy) is 2. The zero-order chi connectivity index (χ0) is 15.0. The number of thiazole rings is 1. The van der Waals surface area contributed by atoms with Crippen LogP contribution in [0.3, 0.4) is 0 Å². The summed E-state index contributed by atoms with van der Waals surface area (Å²) in [7, 11) is 3.21. The number of hydrogen-bond acceptors (Lipinski definition) is 5. The zero-order valence-corrected chi connectivity index (χ0v) is 14.1. The molecule has 6 heteroatoms. The van der Waals surface area contributed by atoms with Crippen molar-refractivity contribution in [2.24, 2.45) is 0 Å². The average molecular weight is 368 g/mol. The number of carbonyl (C=O) groups excluding carboxylic acids is 1. The third kappa shape index (κ3) is 2.58. The smallest absolute Gasteiger partial charge is 0.182 e. The van der Waals surface area contributed by atoms with E-state index in [2.05, 4.69) is 20.9 Å². The van der Waals surface area contributed by atoms with Gasteiger partial charge in [0.1, 0.15) is 10.7 Å². The monoisotopic (exact) mass is 367 g/mol. The van der Waals surface area contributed by atoms with Crippen molar-refractivity contribution < 1.29 is 14.3 Å². The van der Waals surface area contributed by atoms with Crippen molar-refractivity contribution in [3.8, 4) is 22.1 Å². The minimum absolute atomic E-state index is 0.148. The van der Waals surface area contributed by atoms with Crippen LogP contribution in [-0.4, -0.2) is 25.0 Å². The molecule has 0 atom stereocenters. The first-order valence-corrected chi connectivity index (χ1v) is 8.19. The Morgan fingerprint density at radius 3 is 2.57 bits per heavy atom. The molecule has 0 amide bonds. The van der Waals surface area contributed by atoms with Gasteiger partial charge in [0, 0.05) is 21.3 Å². The van der Waals surface area contributed by atoms with Crippen LogP contribution in [0.5, 0.6) is 11.5 Å². The van der Waals surface area contributed by atoms with Gasteiger partial charge in [0.15, 0.2) is 17.3 Å². The van der Waals surface area contributed by atoms with E-state index < -0.39 is 0 Å². The number of methoxy groups -OCH3 is 2. The summed E-state index contributed by atoms with van der Waals surface area (Å²) in [6.45, 7) is 0. The number of rotatable bonds is 3. The van der Waals surface area contributed by atoms with E-state index in [4.69, 9.17) is 9.47 Å². The molecule has 0 bridgehead atoms. The van der Waals surface area contributed by atoms with Crippen LogP contribution in [0.15, 0.2) is 16.6 Å². The summed E-state index contributed by atoms with van der Waals surface area (Å²) >= 11 is 5.12. The number of benzene rings is 1. The Balaban J connectivity index is 2.10. The van der Waals surface area contributed by atoms with Crippen molar-refractivity contribution in [3.63, 3.8) is 0 Å². The molecule has 2 aromatic rings. The topological polar surface area (TPSA) is 48.4 Å². The lowest BCUT2D eigenvalue weighted by molar-refractivity contribution is 0.0968. The molecule has 0 spiro atoms. The van der Waals surface area contributed by atoms with E-state index in [9.17, 15) is 4.79 Å². The second-order valence-electron chi connectivity index (χ2n) is 4.75. The number of ketones is 1. The predicted molar refractivity (Wildman–Crippen MR) is 85.6 cm³/mol. The largest absolute Gasteiger partial charge is 0.493 e. The van der Waals surface area contributed by atoms with Crippen LogP contribution >= 0.6 is 27.3 Å². The van der Waals surface area contributed by atoms with E-state index in [-0.39, 0.29) is 5.78 Å². The molecule has 1 aromatic carbocycles. The van der Waals surface area contributed by atoms with Crippen molar-refractivity contribution in [3.05, 3.63) is 27.2 Å². The summed E-state index contributed by atoms with van der Waals surface area (Å²) in [6, 6.07) is 3.74. The molecule has 3 rings (SSSR count). The molecule has 0 fully saturated rings. The highest BCUT2D eigenvalue weighted by molar-refractivity contribution is 9.10. The second kappa shape index (κ2) is 5.77. The fraction of sp³-hybridized carbons (Fsp3) is 0.333. The predicted octanol–water partition coefficient (Wildman–Crippen LogP) is 4.11. The molecular weight excluding hydrogens is 354 g/mol. The zero-order valence-electron chi connectivity index (χ0n) is 11.7. The Hall–Kier alpha value is -1.40. The van der Waals surface area contributed by atoms with Crippen molar-refractivity contribution in [1.29, 1.82) is 0 Å². The molecule has 1 aromatic heterocycles. The van der Waals surface area contributed by atoms with Crippen LogP contribution in [-0.2, 0) is 6.42 Å². The minimum Gasteiger partial charge on any atom is -0.493 e. The number of aromatic nitrogens is 1. The molecular formula is C15H14BrNO3S. The lowest BCUT2D eigenvalue weighted by atomic mass is 10.0. The van der Waals surface area contributed by atoms with Crippen LogP contribution in [0.2, 0.25) is 0 Å². The maximum absolute atomic E-state index is 11.9. The molecule has 1 aliphatic carbocycles. The van der Waals surface area contributed by atoms with Gasteiger partial charge in [0.05, 0.1) is 14.2 Å². The van der Waals surface area contributed by atoms with Crippen LogP contribution < -0.4 is 9.47 Å². The number of aryl methyl sites for hydroxylation is 1. The lowest BCUT2D eigenvalue weighted by Crippen LogP contribution is -2.08. The van der Waals surface area contributed by atoms with Gasteiger partial charge in [-0.25, -0.2) is 4.98 Å². The van der Waals surface area contributed by atoms with Crippen molar-refractivity contribution in [2.75, 3.05) is 14.2 Å². The van der Waals surface area contributed by atoms with Crippen LogP contribution in [0.4, 0.5) is 0 Å². The standard InChI is InChI=1S/C15H14BrNO3S/c1-19-11-6-8(9(16)7-12(11)20-2)15-17-14-10(18)4-3-5-13(14)21-15/h6-7H,3-5H2,1-2H3. The van der Waals surface area contributed by atoms with Crippen molar-refractivity contribution >= 4 is 33.0 Å². The molecule has 4 nitrogen and oxygen atoms in total. The van der Waals surface area contributed by atoms with Gasteiger partial charge in [-0.05, 0) is 40.9 Å². The summed E-state index contributed by atoms with van der Waals surface area (Å²) in [4.78, 5) is 17.5. The van der Waals surface area contributed by atoms with E-state index in [1.165, 1.54) is 0 Å². The molecule has 0 saturated carbocycles. The molecule has 1 heterocycles. The van der Waals surface area contributed by atoms with Crippen molar-refractivity contribution in [1.82, 2.24) is 4.98 Å². The van der Waals surface area contributed by atoms with Gasteiger partial charge in [0.25, 0.3) is 0 Å². The molecule has 0 N–H and O–H groups in total. The Bertz CT molecular complexity index is 711. The molecule has 21 heavy (non-hydrogen) atoms. The first-order chi connectivity index (χ1) is 10.1. The van der Waals surface area contributed by atoms with E-state index in [0.29, 0.717) is 23.6 Å². The first-order valence-electron chi connectivity index (χ1n) is 6.59. The van der Waals surface area contributed by atoms with Gasteiger partial charge in [-0.15, -0.1) is 11.3 Å². The third-order valence-corrected chi connectivity index (χ3v) is 5.28. The summed E-state index contributed by atoms with van der Waals surface area (Å²) < 4.78 is 11.5. The highest BCUT2D eigenvalue weighted by Gasteiger charge is 2.24. The summed E-state index contributed by atoms with van der Waals surface area (Å²) in [5.74, 6) is 1.45. The van der Waals surface area contributed by atoms with Gasteiger partial charge in [-0.3, -0.25) is 4.79 Å². The van der Waals surface area contributed by atoms with E-state index >= 15 is 0 Å².